The molecule has 0 aliphatic heterocycles. The highest BCUT2D eigenvalue weighted by molar-refractivity contribution is 5.85. The molecule has 0 fully saturated rings. The topological polar surface area (TPSA) is 24.7 Å². The fraction of sp³-hybridized carbons (Fsp3) is 0.900. The average Bonchev–Trinajstić information content (AvgIpc) is 2.11. The van der Waals surface area contributed by atoms with Gasteiger partial charge in [-0.2, -0.15) is 0 Å². The standard InChI is InChI=1S/C10H20N2.ClH/c1-4-10(5-2)7-8-12-9-11-6-3;/h10H,4-8H2,1-3H3;1H. The van der Waals surface area contributed by atoms with Crippen molar-refractivity contribution < 1.29 is 0 Å². The zero-order chi connectivity index (χ0) is 9.23. The summed E-state index contributed by atoms with van der Waals surface area (Å²) in [5.74, 6) is 0.831. The van der Waals surface area contributed by atoms with Gasteiger partial charge in [0, 0.05) is 6.54 Å². The third kappa shape index (κ3) is 9.59. The minimum atomic E-state index is 0. The fourth-order valence-corrected chi connectivity index (χ4v) is 1.11. The number of nitrogens with zero attached hydrogens (tertiary/aromatic N) is 2. The van der Waals surface area contributed by atoms with Gasteiger partial charge in [0.15, 0.2) is 0 Å². The van der Waals surface area contributed by atoms with E-state index in [-0.39, 0.29) is 12.4 Å². The Kier molecular flexibility index (Phi) is 13.6. The summed E-state index contributed by atoms with van der Waals surface area (Å²) in [6, 6.07) is 2.69. The van der Waals surface area contributed by atoms with Gasteiger partial charge in [0.05, 0.1) is 12.6 Å². The van der Waals surface area contributed by atoms with Crippen LogP contribution in [-0.2, 0) is 0 Å². The minimum absolute atomic E-state index is 0. The van der Waals surface area contributed by atoms with Gasteiger partial charge in [-0.25, -0.2) is 9.98 Å². The van der Waals surface area contributed by atoms with Crippen LogP contribution in [0.25, 0.3) is 0 Å². The van der Waals surface area contributed by atoms with E-state index in [1.807, 2.05) is 6.92 Å². The number of hydrogen-bond donors (Lipinski definition) is 0. The fourth-order valence-electron chi connectivity index (χ4n) is 1.11. The molecule has 0 radical (unpaired) electrons. The highest BCUT2D eigenvalue weighted by Crippen LogP contribution is 2.11. The van der Waals surface area contributed by atoms with Gasteiger partial charge in [-0.15, -0.1) is 12.4 Å². The van der Waals surface area contributed by atoms with Crippen LogP contribution in [0.15, 0.2) is 9.98 Å². The molecule has 0 spiro atoms. The molecule has 0 aromatic heterocycles. The Bertz CT molecular complexity index is 147. The van der Waals surface area contributed by atoms with Crippen LogP contribution in [0.3, 0.4) is 0 Å². The van der Waals surface area contributed by atoms with E-state index < -0.39 is 0 Å². The molecule has 0 rings (SSSR count). The molecule has 2 nitrogen and oxygen atoms in total. The van der Waals surface area contributed by atoms with Crippen molar-refractivity contribution in [3.63, 3.8) is 0 Å². The first-order valence-corrected chi connectivity index (χ1v) is 4.93. The number of hydrogen-bond acceptors (Lipinski definition) is 2. The molecule has 0 aromatic carbocycles. The lowest BCUT2D eigenvalue weighted by molar-refractivity contribution is 0.463. The molecule has 0 heterocycles. The second kappa shape index (κ2) is 11.7. The molecule has 0 atom stereocenters. The van der Waals surface area contributed by atoms with Crippen molar-refractivity contribution in [3.8, 4) is 0 Å². The highest BCUT2D eigenvalue weighted by atomic mass is 35.5. The van der Waals surface area contributed by atoms with Crippen molar-refractivity contribution in [3.05, 3.63) is 0 Å². The SMILES string of the molecule is CCN=C=NCCC(CC)CC.Cl. The third-order valence-electron chi connectivity index (χ3n) is 2.10. The Morgan fingerprint density at radius 1 is 1.08 bits per heavy atom. The molecule has 78 valence electrons. The molecular weight excluding hydrogens is 184 g/mol. The maximum atomic E-state index is 4.08. The van der Waals surface area contributed by atoms with Gasteiger partial charge >= 0.3 is 0 Å². The van der Waals surface area contributed by atoms with Crippen LogP contribution in [0.1, 0.15) is 40.0 Å². The van der Waals surface area contributed by atoms with Crippen molar-refractivity contribution in [1.29, 1.82) is 0 Å². The van der Waals surface area contributed by atoms with Crippen molar-refractivity contribution in [2.45, 2.75) is 40.0 Å². The Hall–Kier alpha value is -0.330. The van der Waals surface area contributed by atoms with E-state index in [4.69, 9.17) is 0 Å². The molecule has 0 aliphatic rings. The molecule has 0 saturated heterocycles. The van der Waals surface area contributed by atoms with Crippen molar-refractivity contribution in [1.82, 2.24) is 0 Å². The summed E-state index contributed by atoms with van der Waals surface area (Å²) in [6.45, 7) is 8.13. The second-order valence-corrected chi connectivity index (χ2v) is 2.93. The summed E-state index contributed by atoms with van der Waals surface area (Å²) >= 11 is 0. The zero-order valence-corrected chi connectivity index (χ0v) is 9.73. The van der Waals surface area contributed by atoms with Crippen molar-refractivity contribution in [2.75, 3.05) is 13.1 Å². The molecule has 0 N–H and O–H groups in total. The predicted octanol–water partition coefficient (Wildman–Crippen LogP) is 3.43. The number of rotatable bonds is 6. The molecule has 0 unspecified atom stereocenters. The van der Waals surface area contributed by atoms with Gasteiger partial charge in [0.2, 0.25) is 0 Å². The molecule has 0 saturated carbocycles. The van der Waals surface area contributed by atoms with E-state index in [1.54, 1.807) is 0 Å². The molecule has 0 amide bonds. The van der Waals surface area contributed by atoms with E-state index in [1.165, 1.54) is 19.3 Å². The molecule has 3 heteroatoms. The Morgan fingerprint density at radius 3 is 2.15 bits per heavy atom. The normalized spacial score (nSPS) is 8.92. The van der Waals surface area contributed by atoms with E-state index in [9.17, 15) is 0 Å². The largest absolute Gasteiger partial charge is 0.226 e. The first-order valence-electron chi connectivity index (χ1n) is 4.93. The highest BCUT2D eigenvalue weighted by Gasteiger charge is 2.00. The summed E-state index contributed by atoms with van der Waals surface area (Å²) in [5, 5.41) is 0. The Morgan fingerprint density at radius 2 is 1.69 bits per heavy atom. The quantitative estimate of drug-likeness (QED) is 0.593. The average molecular weight is 205 g/mol. The van der Waals surface area contributed by atoms with Crippen LogP contribution >= 0.6 is 12.4 Å². The van der Waals surface area contributed by atoms with Crippen molar-refractivity contribution in [2.24, 2.45) is 15.9 Å². The summed E-state index contributed by atoms with van der Waals surface area (Å²) < 4.78 is 0. The van der Waals surface area contributed by atoms with Gasteiger partial charge in [-0.05, 0) is 19.3 Å². The van der Waals surface area contributed by atoms with Gasteiger partial charge in [-0.3, -0.25) is 0 Å². The lowest BCUT2D eigenvalue weighted by atomic mass is 10.00. The van der Waals surface area contributed by atoms with E-state index in [0.29, 0.717) is 0 Å². The lowest BCUT2D eigenvalue weighted by Crippen LogP contribution is -1.98. The lowest BCUT2D eigenvalue weighted by Gasteiger charge is -2.08. The second-order valence-electron chi connectivity index (χ2n) is 2.93. The maximum Gasteiger partial charge on any atom is 0.0892 e. The number of aliphatic imine (C=N–C) groups is 2. The smallest absolute Gasteiger partial charge is 0.0892 e. The summed E-state index contributed by atoms with van der Waals surface area (Å²) in [7, 11) is 0. The Balaban J connectivity index is 0. The van der Waals surface area contributed by atoms with Gasteiger partial charge < -0.3 is 0 Å². The summed E-state index contributed by atoms with van der Waals surface area (Å²) in [5.41, 5.74) is 0. The molecule has 13 heavy (non-hydrogen) atoms. The van der Waals surface area contributed by atoms with Gasteiger partial charge in [0.1, 0.15) is 0 Å². The van der Waals surface area contributed by atoms with E-state index in [0.717, 1.165) is 19.0 Å². The van der Waals surface area contributed by atoms with Crippen LogP contribution in [-0.4, -0.2) is 19.1 Å². The van der Waals surface area contributed by atoms with E-state index in [2.05, 4.69) is 29.8 Å². The zero-order valence-electron chi connectivity index (χ0n) is 8.92. The summed E-state index contributed by atoms with van der Waals surface area (Å²) in [4.78, 5) is 7.98. The van der Waals surface area contributed by atoms with Gasteiger partial charge in [-0.1, -0.05) is 26.7 Å². The van der Waals surface area contributed by atoms with Crippen LogP contribution in [0.2, 0.25) is 0 Å². The van der Waals surface area contributed by atoms with E-state index >= 15 is 0 Å². The molecule has 0 aliphatic carbocycles. The first kappa shape index (κ1) is 15.2. The third-order valence-corrected chi connectivity index (χ3v) is 2.10. The first-order chi connectivity index (χ1) is 5.85. The molecular formula is C10H21ClN2. The van der Waals surface area contributed by atoms with Crippen LogP contribution in [0, 0.1) is 5.92 Å². The van der Waals surface area contributed by atoms with Crippen LogP contribution < -0.4 is 0 Å². The maximum absolute atomic E-state index is 4.08. The van der Waals surface area contributed by atoms with Gasteiger partial charge in [0.25, 0.3) is 0 Å². The minimum Gasteiger partial charge on any atom is -0.226 e. The predicted molar refractivity (Wildman–Crippen MR) is 61.2 cm³/mol. The van der Waals surface area contributed by atoms with Crippen LogP contribution in [0.4, 0.5) is 0 Å². The van der Waals surface area contributed by atoms with Crippen molar-refractivity contribution >= 4 is 18.4 Å². The van der Waals surface area contributed by atoms with Crippen LogP contribution in [0.5, 0.6) is 0 Å². The molecule has 0 aromatic rings. The Labute approximate surface area is 88.0 Å². The molecule has 0 bridgehead atoms. The number of halogens is 1. The monoisotopic (exact) mass is 204 g/mol. The summed E-state index contributed by atoms with van der Waals surface area (Å²) in [6.07, 6.45) is 3.70.